The van der Waals surface area contributed by atoms with Crippen LogP contribution >= 0.6 is 11.8 Å². The summed E-state index contributed by atoms with van der Waals surface area (Å²) in [6.45, 7) is 6.06. The maximum absolute atomic E-state index is 12.0. The van der Waals surface area contributed by atoms with Crippen molar-refractivity contribution >= 4 is 23.4 Å². The lowest BCUT2D eigenvalue weighted by molar-refractivity contribution is -0.116. The van der Waals surface area contributed by atoms with Crippen molar-refractivity contribution in [1.29, 1.82) is 0 Å². The SMILES string of the molecule is CSc1ccccc1NC(=O)CCc1nc(C(C)(C)C)no1. The molecule has 1 N–H and O–H groups in total. The van der Waals surface area contributed by atoms with E-state index in [-0.39, 0.29) is 11.3 Å². The number of aryl methyl sites for hydroxylation is 1. The van der Waals surface area contributed by atoms with Gasteiger partial charge in [0.1, 0.15) is 0 Å². The monoisotopic (exact) mass is 319 g/mol. The van der Waals surface area contributed by atoms with Crippen LogP contribution in [-0.2, 0) is 16.6 Å². The molecule has 0 bridgehead atoms. The van der Waals surface area contributed by atoms with Crippen LogP contribution in [0.2, 0.25) is 0 Å². The molecule has 0 unspecified atom stereocenters. The van der Waals surface area contributed by atoms with Crippen molar-refractivity contribution in [3.8, 4) is 0 Å². The third kappa shape index (κ3) is 4.34. The van der Waals surface area contributed by atoms with Crippen LogP contribution in [0.3, 0.4) is 0 Å². The molecule has 2 aromatic rings. The van der Waals surface area contributed by atoms with E-state index in [1.54, 1.807) is 11.8 Å². The second-order valence-corrected chi connectivity index (χ2v) is 6.86. The van der Waals surface area contributed by atoms with Gasteiger partial charge in [-0.25, -0.2) is 0 Å². The number of benzene rings is 1. The highest BCUT2D eigenvalue weighted by Crippen LogP contribution is 2.24. The largest absolute Gasteiger partial charge is 0.339 e. The number of rotatable bonds is 5. The molecule has 0 fully saturated rings. The van der Waals surface area contributed by atoms with Gasteiger partial charge in [0.05, 0.1) is 5.69 Å². The summed E-state index contributed by atoms with van der Waals surface area (Å²) in [6.07, 6.45) is 2.74. The van der Waals surface area contributed by atoms with E-state index in [4.69, 9.17) is 4.52 Å². The van der Waals surface area contributed by atoms with Crippen molar-refractivity contribution in [3.63, 3.8) is 0 Å². The summed E-state index contributed by atoms with van der Waals surface area (Å²) in [5.41, 5.74) is 0.683. The minimum Gasteiger partial charge on any atom is -0.339 e. The van der Waals surface area contributed by atoms with Crippen LogP contribution in [-0.4, -0.2) is 22.3 Å². The molecule has 0 atom stereocenters. The van der Waals surface area contributed by atoms with Crippen molar-refractivity contribution in [3.05, 3.63) is 36.0 Å². The van der Waals surface area contributed by atoms with Crippen molar-refractivity contribution in [2.45, 2.75) is 43.9 Å². The molecule has 22 heavy (non-hydrogen) atoms. The van der Waals surface area contributed by atoms with Crippen LogP contribution in [0, 0.1) is 0 Å². The third-order valence-corrected chi connectivity index (χ3v) is 3.88. The first-order chi connectivity index (χ1) is 10.4. The van der Waals surface area contributed by atoms with E-state index >= 15 is 0 Å². The molecule has 5 nitrogen and oxygen atoms in total. The van der Waals surface area contributed by atoms with E-state index in [9.17, 15) is 4.79 Å². The Morgan fingerprint density at radius 1 is 1.32 bits per heavy atom. The van der Waals surface area contributed by atoms with Crippen LogP contribution in [0.1, 0.15) is 38.9 Å². The van der Waals surface area contributed by atoms with Crippen molar-refractivity contribution < 1.29 is 9.32 Å². The number of anilines is 1. The Kier molecular flexibility index (Phi) is 5.24. The summed E-state index contributed by atoms with van der Waals surface area (Å²) >= 11 is 1.60. The van der Waals surface area contributed by atoms with Gasteiger partial charge in [-0.05, 0) is 18.4 Å². The van der Waals surface area contributed by atoms with Crippen molar-refractivity contribution in [2.24, 2.45) is 0 Å². The van der Waals surface area contributed by atoms with E-state index in [0.29, 0.717) is 24.6 Å². The molecule has 0 aliphatic carbocycles. The highest BCUT2D eigenvalue weighted by atomic mass is 32.2. The summed E-state index contributed by atoms with van der Waals surface area (Å²) in [5, 5.41) is 6.87. The van der Waals surface area contributed by atoms with Gasteiger partial charge in [0, 0.05) is 23.2 Å². The fourth-order valence-electron chi connectivity index (χ4n) is 1.84. The van der Waals surface area contributed by atoms with Crippen molar-refractivity contribution in [1.82, 2.24) is 10.1 Å². The Bertz CT molecular complexity index is 647. The topological polar surface area (TPSA) is 68.0 Å². The minimum absolute atomic E-state index is 0.0583. The zero-order valence-corrected chi connectivity index (χ0v) is 14.2. The smallest absolute Gasteiger partial charge is 0.227 e. The van der Waals surface area contributed by atoms with Crippen LogP contribution in [0.5, 0.6) is 0 Å². The van der Waals surface area contributed by atoms with E-state index in [1.807, 2.05) is 51.3 Å². The minimum atomic E-state index is -0.151. The summed E-state index contributed by atoms with van der Waals surface area (Å²) in [5.74, 6) is 1.10. The van der Waals surface area contributed by atoms with Gasteiger partial charge in [-0.15, -0.1) is 11.8 Å². The number of nitrogens with zero attached hydrogens (tertiary/aromatic N) is 2. The average Bonchev–Trinajstić information content (AvgIpc) is 2.95. The molecule has 118 valence electrons. The Balaban J connectivity index is 1.92. The molecule has 0 aliphatic rings. The molecule has 1 heterocycles. The van der Waals surface area contributed by atoms with E-state index in [0.717, 1.165) is 10.6 Å². The zero-order valence-electron chi connectivity index (χ0n) is 13.3. The van der Waals surface area contributed by atoms with Gasteiger partial charge in [0.15, 0.2) is 5.82 Å². The third-order valence-electron chi connectivity index (χ3n) is 3.09. The van der Waals surface area contributed by atoms with Crippen LogP contribution < -0.4 is 5.32 Å². The highest BCUT2D eigenvalue weighted by molar-refractivity contribution is 7.98. The first-order valence-corrected chi connectivity index (χ1v) is 8.38. The number of thioether (sulfide) groups is 1. The molecule has 0 saturated heterocycles. The lowest BCUT2D eigenvalue weighted by Gasteiger charge is -2.10. The molecular weight excluding hydrogens is 298 g/mol. The molecule has 1 amide bonds. The quantitative estimate of drug-likeness (QED) is 0.852. The van der Waals surface area contributed by atoms with E-state index in [1.165, 1.54) is 0 Å². The lowest BCUT2D eigenvalue weighted by atomic mass is 9.96. The fraction of sp³-hybridized carbons (Fsp3) is 0.438. The Morgan fingerprint density at radius 2 is 2.05 bits per heavy atom. The second-order valence-electron chi connectivity index (χ2n) is 6.01. The van der Waals surface area contributed by atoms with Crippen LogP contribution in [0.4, 0.5) is 5.69 Å². The van der Waals surface area contributed by atoms with Gasteiger partial charge in [-0.2, -0.15) is 4.98 Å². The summed E-state index contributed by atoms with van der Waals surface area (Å²) in [4.78, 5) is 17.4. The number of aromatic nitrogens is 2. The summed E-state index contributed by atoms with van der Waals surface area (Å²) < 4.78 is 5.19. The number of amides is 1. The highest BCUT2D eigenvalue weighted by Gasteiger charge is 2.21. The molecule has 0 spiro atoms. The van der Waals surface area contributed by atoms with Gasteiger partial charge in [0.2, 0.25) is 11.8 Å². The number of para-hydroxylation sites is 1. The molecule has 0 aliphatic heterocycles. The molecule has 0 saturated carbocycles. The first-order valence-electron chi connectivity index (χ1n) is 7.16. The normalized spacial score (nSPS) is 11.5. The maximum Gasteiger partial charge on any atom is 0.227 e. The molecular formula is C16H21N3O2S. The molecule has 1 aromatic carbocycles. The average molecular weight is 319 g/mol. The van der Waals surface area contributed by atoms with Crippen LogP contribution in [0.15, 0.2) is 33.7 Å². The summed E-state index contributed by atoms with van der Waals surface area (Å²) in [7, 11) is 0. The standard InChI is InChI=1S/C16H21N3O2S/c1-16(2,3)15-18-14(21-19-15)10-9-13(20)17-11-7-5-6-8-12(11)22-4/h5-8H,9-10H2,1-4H3,(H,17,20). The van der Waals surface area contributed by atoms with E-state index < -0.39 is 0 Å². The number of hydrogen-bond acceptors (Lipinski definition) is 5. The predicted molar refractivity (Wildman–Crippen MR) is 88.2 cm³/mol. The van der Waals surface area contributed by atoms with Gasteiger partial charge < -0.3 is 9.84 Å². The zero-order chi connectivity index (χ0) is 16.2. The number of nitrogens with one attached hydrogen (secondary N) is 1. The van der Waals surface area contributed by atoms with Gasteiger partial charge in [-0.1, -0.05) is 38.1 Å². The maximum atomic E-state index is 12.0. The van der Waals surface area contributed by atoms with Crippen LogP contribution in [0.25, 0.3) is 0 Å². The summed E-state index contributed by atoms with van der Waals surface area (Å²) in [6, 6.07) is 7.74. The fourth-order valence-corrected chi connectivity index (χ4v) is 2.40. The first kappa shape index (κ1) is 16.5. The Hall–Kier alpha value is -1.82. The van der Waals surface area contributed by atoms with Gasteiger partial charge in [0.25, 0.3) is 0 Å². The number of carbonyl (C=O) groups is 1. The predicted octanol–water partition coefficient (Wildman–Crippen LogP) is 3.66. The molecule has 0 radical (unpaired) electrons. The van der Waals surface area contributed by atoms with Crippen molar-refractivity contribution in [2.75, 3.05) is 11.6 Å². The second kappa shape index (κ2) is 6.96. The van der Waals surface area contributed by atoms with Gasteiger partial charge in [-0.3, -0.25) is 4.79 Å². The molecule has 1 aromatic heterocycles. The molecule has 6 heteroatoms. The van der Waals surface area contributed by atoms with Gasteiger partial charge >= 0.3 is 0 Å². The van der Waals surface area contributed by atoms with E-state index in [2.05, 4.69) is 15.5 Å². The Morgan fingerprint density at radius 3 is 2.68 bits per heavy atom. The lowest BCUT2D eigenvalue weighted by Crippen LogP contribution is -2.14. The number of carbonyl (C=O) groups excluding carboxylic acids is 1. The number of hydrogen-bond donors (Lipinski definition) is 1. The Labute approximate surface area is 134 Å². The molecule has 2 rings (SSSR count).